The number of pyridine rings is 1. The summed E-state index contributed by atoms with van der Waals surface area (Å²) in [5.41, 5.74) is 2.32. The van der Waals surface area contributed by atoms with E-state index in [1.54, 1.807) is 6.20 Å². The van der Waals surface area contributed by atoms with Crippen molar-refractivity contribution in [2.75, 3.05) is 5.32 Å². The second-order valence-corrected chi connectivity index (χ2v) is 5.12. The number of anilines is 1. The van der Waals surface area contributed by atoms with Crippen LogP contribution in [0.4, 0.5) is 10.2 Å². The number of hydrogen-bond acceptors (Lipinski definition) is 2. The molecule has 4 heteroatoms. The third-order valence-corrected chi connectivity index (χ3v) is 3.25. The Kier molecular flexibility index (Phi) is 3.97. The van der Waals surface area contributed by atoms with Crippen LogP contribution in [0.25, 0.3) is 0 Å². The third kappa shape index (κ3) is 2.88. The molecule has 1 N–H and O–H groups in total. The van der Waals surface area contributed by atoms with E-state index in [4.69, 9.17) is 0 Å². The first-order chi connectivity index (χ1) is 8.58. The molecule has 2 rings (SSSR count). The highest BCUT2D eigenvalue weighted by atomic mass is 79.9. The molecule has 0 aliphatic rings. The zero-order valence-corrected chi connectivity index (χ0v) is 11.8. The van der Waals surface area contributed by atoms with E-state index in [0.717, 1.165) is 5.56 Å². The highest BCUT2D eigenvalue weighted by molar-refractivity contribution is 9.10. The summed E-state index contributed by atoms with van der Waals surface area (Å²) in [5.74, 6) is -0.0845. The van der Waals surface area contributed by atoms with Gasteiger partial charge in [0.05, 0.1) is 6.04 Å². The minimum atomic E-state index is -0.357. The largest absolute Gasteiger partial charge is 0.361 e. The Balaban J connectivity index is 2.21. The van der Waals surface area contributed by atoms with Gasteiger partial charge in [-0.05, 0) is 47.0 Å². The molecular formula is C14H14BrFN2. The molecule has 0 radical (unpaired) electrons. The second-order valence-electron chi connectivity index (χ2n) is 4.21. The number of benzene rings is 1. The Hall–Kier alpha value is -1.42. The van der Waals surface area contributed by atoms with Gasteiger partial charge in [0.1, 0.15) is 0 Å². The molecule has 0 saturated heterocycles. The minimum Gasteiger partial charge on any atom is -0.361 e. The van der Waals surface area contributed by atoms with E-state index in [-0.39, 0.29) is 17.7 Å². The Morgan fingerprint density at radius 1 is 1.33 bits per heavy atom. The van der Waals surface area contributed by atoms with Gasteiger partial charge in [0.2, 0.25) is 0 Å². The predicted octanol–water partition coefficient (Wildman–Crippen LogP) is 4.46. The lowest BCUT2D eigenvalue weighted by molar-refractivity contribution is 0.620. The molecule has 0 fully saturated rings. The predicted molar refractivity (Wildman–Crippen MR) is 75.1 cm³/mol. The molecule has 0 aliphatic heterocycles. The maximum absolute atomic E-state index is 13.7. The third-order valence-electron chi connectivity index (χ3n) is 2.82. The van der Waals surface area contributed by atoms with Crippen LogP contribution in [0, 0.1) is 12.7 Å². The highest BCUT2D eigenvalue weighted by Crippen LogP contribution is 2.23. The van der Waals surface area contributed by atoms with Crippen LogP contribution in [-0.4, -0.2) is 4.98 Å². The van der Waals surface area contributed by atoms with E-state index < -0.39 is 0 Å². The molecule has 1 unspecified atom stereocenters. The molecule has 0 spiro atoms. The van der Waals surface area contributed by atoms with Gasteiger partial charge in [0.25, 0.3) is 0 Å². The van der Waals surface area contributed by atoms with Gasteiger partial charge in [-0.1, -0.05) is 24.3 Å². The van der Waals surface area contributed by atoms with Crippen LogP contribution in [0.1, 0.15) is 24.1 Å². The molecule has 1 atom stereocenters. The van der Waals surface area contributed by atoms with Crippen molar-refractivity contribution in [3.05, 3.63) is 57.9 Å². The van der Waals surface area contributed by atoms with E-state index in [9.17, 15) is 4.39 Å². The normalized spacial score (nSPS) is 12.2. The molecule has 94 valence electrons. The molecule has 1 aromatic carbocycles. The summed E-state index contributed by atoms with van der Waals surface area (Å²) in [7, 11) is 0. The highest BCUT2D eigenvalue weighted by Gasteiger charge is 2.11. The van der Waals surface area contributed by atoms with Crippen LogP contribution in [0.2, 0.25) is 0 Å². The number of hydrogen-bond donors (Lipinski definition) is 1. The Morgan fingerprint density at radius 2 is 2.06 bits per heavy atom. The lowest BCUT2D eigenvalue weighted by Crippen LogP contribution is -2.10. The first-order valence-corrected chi connectivity index (χ1v) is 6.50. The minimum absolute atomic E-state index is 0.00868. The monoisotopic (exact) mass is 308 g/mol. The summed E-state index contributed by atoms with van der Waals surface area (Å²) >= 11 is 3.19. The molecule has 0 saturated carbocycles. The zero-order chi connectivity index (χ0) is 13.1. The molecule has 0 amide bonds. The van der Waals surface area contributed by atoms with Crippen molar-refractivity contribution in [2.24, 2.45) is 0 Å². The average molecular weight is 309 g/mol. The van der Waals surface area contributed by atoms with Crippen LogP contribution >= 0.6 is 15.9 Å². The van der Waals surface area contributed by atoms with E-state index >= 15 is 0 Å². The summed E-state index contributed by atoms with van der Waals surface area (Å²) in [6, 6.07) is 9.45. The van der Waals surface area contributed by atoms with Gasteiger partial charge in [-0.15, -0.1) is 0 Å². The van der Waals surface area contributed by atoms with Gasteiger partial charge >= 0.3 is 0 Å². The van der Waals surface area contributed by atoms with Gasteiger partial charge in [-0.3, -0.25) is 0 Å². The topological polar surface area (TPSA) is 24.9 Å². The number of aromatic nitrogens is 1. The van der Waals surface area contributed by atoms with Crippen molar-refractivity contribution < 1.29 is 4.39 Å². The second kappa shape index (κ2) is 5.48. The number of rotatable bonds is 3. The molecule has 2 aromatic rings. The fourth-order valence-electron chi connectivity index (χ4n) is 1.88. The van der Waals surface area contributed by atoms with Crippen molar-refractivity contribution in [3.63, 3.8) is 0 Å². The van der Waals surface area contributed by atoms with Gasteiger partial charge < -0.3 is 5.32 Å². The summed E-state index contributed by atoms with van der Waals surface area (Å²) in [6.07, 6.45) is 1.58. The summed E-state index contributed by atoms with van der Waals surface area (Å²) in [6.45, 7) is 4.03. The van der Waals surface area contributed by atoms with Crippen molar-refractivity contribution in [3.8, 4) is 0 Å². The van der Waals surface area contributed by atoms with Crippen molar-refractivity contribution in [1.82, 2.24) is 4.98 Å². The standard InChI is InChI=1S/C14H14BrFN2/c1-9-5-3-4-6-12(9)10(2)18-14-13(16)7-11(15)8-17-14/h3-8,10H,1-2H3,(H,17,18). The molecular weight excluding hydrogens is 295 g/mol. The van der Waals surface area contributed by atoms with Crippen LogP contribution in [0.3, 0.4) is 0 Å². The Morgan fingerprint density at radius 3 is 2.72 bits per heavy atom. The fraction of sp³-hybridized carbons (Fsp3) is 0.214. The maximum atomic E-state index is 13.7. The maximum Gasteiger partial charge on any atom is 0.166 e. The SMILES string of the molecule is Cc1ccccc1C(C)Nc1ncc(Br)cc1F. The number of nitrogens with zero attached hydrogens (tertiary/aromatic N) is 1. The Bertz CT molecular complexity index is 557. The first-order valence-electron chi connectivity index (χ1n) is 5.71. The number of aryl methyl sites for hydroxylation is 1. The molecule has 18 heavy (non-hydrogen) atoms. The number of halogens is 2. The van der Waals surface area contributed by atoms with Gasteiger partial charge in [-0.25, -0.2) is 9.37 Å². The van der Waals surface area contributed by atoms with Gasteiger partial charge in [0.15, 0.2) is 11.6 Å². The summed E-state index contributed by atoms with van der Waals surface area (Å²) in [5, 5.41) is 3.09. The Labute approximate surface area is 114 Å². The molecule has 1 heterocycles. The first kappa shape index (κ1) is 13.0. The summed E-state index contributed by atoms with van der Waals surface area (Å²) < 4.78 is 14.3. The number of nitrogens with one attached hydrogen (secondary N) is 1. The molecule has 0 aliphatic carbocycles. The van der Waals surface area contributed by atoms with E-state index in [1.807, 2.05) is 38.1 Å². The van der Waals surface area contributed by atoms with Crippen LogP contribution in [0.15, 0.2) is 41.0 Å². The van der Waals surface area contributed by atoms with Gasteiger partial charge in [0, 0.05) is 10.7 Å². The van der Waals surface area contributed by atoms with Gasteiger partial charge in [-0.2, -0.15) is 0 Å². The fourth-order valence-corrected chi connectivity index (χ4v) is 2.18. The van der Waals surface area contributed by atoms with E-state index in [2.05, 4.69) is 26.2 Å². The smallest absolute Gasteiger partial charge is 0.166 e. The lowest BCUT2D eigenvalue weighted by Gasteiger charge is -2.17. The zero-order valence-electron chi connectivity index (χ0n) is 10.2. The van der Waals surface area contributed by atoms with Crippen LogP contribution in [-0.2, 0) is 0 Å². The van der Waals surface area contributed by atoms with E-state index in [0.29, 0.717) is 4.47 Å². The molecule has 1 aromatic heterocycles. The lowest BCUT2D eigenvalue weighted by atomic mass is 10.0. The van der Waals surface area contributed by atoms with Crippen LogP contribution < -0.4 is 5.32 Å². The average Bonchev–Trinajstić information content (AvgIpc) is 2.33. The van der Waals surface area contributed by atoms with Crippen molar-refractivity contribution in [2.45, 2.75) is 19.9 Å². The summed E-state index contributed by atoms with van der Waals surface area (Å²) in [4.78, 5) is 4.04. The molecule has 0 bridgehead atoms. The van der Waals surface area contributed by atoms with Crippen molar-refractivity contribution >= 4 is 21.7 Å². The van der Waals surface area contributed by atoms with Crippen molar-refractivity contribution in [1.29, 1.82) is 0 Å². The van der Waals surface area contributed by atoms with E-state index in [1.165, 1.54) is 11.6 Å². The molecule has 2 nitrogen and oxygen atoms in total. The van der Waals surface area contributed by atoms with Crippen LogP contribution in [0.5, 0.6) is 0 Å². The quantitative estimate of drug-likeness (QED) is 0.905.